The van der Waals surface area contributed by atoms with Crippen LogP contribution in [0.1, 0.15) is 35.7 Å². The molecule has 0 spiro atoms. The first-order valence-electron chi connectivity index (χ1n) is 11.5. The average molecular weight is 497 g/mol. The molecule has 1 fully saturated rings. The maximum Gasteiger partial charge on any atom is 0.251 e. The molecule has 2 aromatic carbocycles. The third-order valence-corrected chi connectivity index (χ3v) is 5.77. The number of ether oxygens (including phenoxy) is 3. The molecule has 1 saturated heterocycles. The van der Waals surface area contributed by atoms with Gasteiger partial charge in [-0.2, -0.15) is 0 Å². The molecular formula is C25H31ClF2N2O4. The minimum absolute atomic E-state index is 0.0265. The van der Waals surface area contributed by atoms with Crippen molar-refractivity contribution in [3.63, 3.8) is 0 Å². The molecule has 0 bridgehead atoms. The Balaban J connectivity index is 1.55. The lowest BCUT2D eigenvalue weighted by molar-refractivity contribution is 0.0908. The summed E-state index contributed by atoms with van der Waals surface area (Å²) in [5.74, 6) is 1.04. The summed E-state index contributed by atoms with van der Waals surface area (Å²) in [5, 5.41) is 3.66. The molecule has 9 heteroatoms. The van der Waals surface area contributed by atoms with Gasteiger partial charge in [-0.25, -0.2) is 8.78 Å². The van der Waals surface area contributed by atoms with Crippen LogP contribution in [0.5, 0.6) is 17.2 Å². The van der Waals surface area contributed by atoms with Crippen molar-refractivity contribution >= 4 is 17.5 Å². The molecule has 1 amide bonds. The van der Waals surface area contributed by atoms with Crippen molar-refractivity contribution in [1.29, 1.82) is 0 Å². The molecule has 1 heterocycles. The minimum Gasteiger partial charge on any atom is -0.492 e. The lowest BCUT2D eigenvalue weighted by atomic mass is 10.0. The maximum atomic E-state index is 12.9. The SMILES string of the molecule is CCOc1cc(CN2CCC(NC(=O)c3cc(OCCF)cc(OCCF)c3)CC2)ccc1Cl. The Morgan fingerprint density at radius 1 is 1.03 bits per heavy atom. The predicted octanol–water partition coefficient (Wildman–Crippen LogP) is 4.83. The summed E-state index contributed by atoms with van der Waals surface area (Å²) in [6, 6.07) is 10.5. The van der Waals surface area contributed by atoms with Crippen LogP contribution in [0.25, 0.3) is 0 Å². The van der Waals surface area contributed by atoms with E-state index in [1.54, 1.807) is 12.1 Å². The molecule has 6 nitrogen and oxygen atoms in total. The van der Waals surface area contributed by atoms with E-state index >= 15 is 0 Å². The Hall–Kier alpha value is -2.58. The van der Waals surface area contributed by atoms with E-state index in [0.717, 1.165) is 38.0 Å². The molecule has 0 saturated carbocycles. The summed E-state index contributed by atoms with van der Waals surface area (Å²) < 4.78 is 41.2. The number of carbonyl (C=O) groups is 1. The van der Waals surface area contributed by atoms with Crippen molar-refractivity contribution in [2.45, 2.75) is 32.4 Å². The molecule has 1 aliphatic heterocycles. The molecule has 1 N–H and O–H groups in total. The first-order valence-corrected chi connectivity index (χ1v) is 11.9. The third-order valence-electron chi connectivity index (χ3n) is 5.46. The Labute approximate surface area is 204 Å². The van der Waals surface area contributed by atoms with Gasteiger partial charge in [0.2, 0.25) is 0 Å². The van der Waals surface area contributed by atoms with Crippen LogP contribution in [0, 0.1) is 0 Å². The lowest BCUT2D eigenvalue weighted by Gasteiger charge is -2.32. The number of amides is 1. The van der Waals surface area contributed by atoms with Gasteiger partial charge < -0.3 is 19.5 Å². The zero-order chi connectivity index (χ0) is 24.3. The number of nitrogens with one attached hydrogen (secondary N) is 1. The zero-order valence-electron chi connectivity index (χ0n) is 19.3. The maximum absolute atomic E-state index is 12.9. The van der Waals surface area contributed by atoms with E-state index < -0.39 is 13.3 Å². The smallest absolute Gasteiger partial charge is 0.251 e. The van der Waals surface area contributed by atoms with E-state index in [1.165, 1.54) is 6.07 Å². The standard InChI is InChI=1S/C25H31ClF2N2O4/c1-2-32-24-13-18(3-4-23(24)26)17-30-9-5-20(6-10-30)29-25(31)19-14-21(33-11-7-27)16-22(15-19)34-12-8-28/h3-4,13-16,20H,2,5-12,17H2,1H3,(H,29,31). The fourth-order valence-corrected chi connectivity index (χ4v) is 4.03. The van der Waals surface area contributed by atoms with Crippen LogP contribution in [-0.2, 0) is 6.54 Å². The summed E-state index contributed by atoms with van der Waals surface area (Å²) >= 11 is 6.18. The topological polar surface area (TPSA) is 60.0 Å². The third kappa shape index (κ3) is 7.74. The van der Waals surface area contributed by atoms with E-state index in [0.29, 0.717) is 34.4 Å². The average Bonchev–Trinajstić information content (AvgIpc) is 2.84. The van der Waals surface area contributed by atoms with Gasteiger partial charge >= 0.3 is 0 Å². The van der Waals surface area contributed by atoms with Crippen molar-refractivity contribution in [1.82, 2.24) is 10.2 Å². The molecule has 1 aliphatic rings. The summed E-state index contributed by atoms with van der Waals surface area (Å²) in [7, 11) is 0. The number of nitrogens with zero attached hydrogens (tertiary/aromatic N) is 1. The van der Waals surface area contributed by atoms with E-state index in [9.17, 15) is 13.6 Å². The first-order chi connectivity index (χ1) is 16.5. The van der Waals surface area contributed by atoms with Crippen LogP contribution in [0.4, 0.5) is 8.78 Å². The highest BCUT2D eigenvalue weighted by Gasteiger charge is 2.22. The first kappa shape index (κ1) is 26.0. The number of alkyl halides is 2. The number of halogens is 3. The van der Waals surface area contributed by atoms with Crippen LogP contribution in [0.3, 0.4) is 0 Å². The predicted molar refractivity (Wildman–Crippen MR) is 128 cm³/mol. The Bertz CT molecular complexity index is 913. The highest BCUT2D eigenvalue weighted by atomic mass is 35.5. The molecule has 186 valence electrons. The van der Waals surface area contributed by atoms with E-state index in [4.69, 9.17) is 25.8 Å². The number of benzene rings is 2. The number of rotatable bonds is 12. The van der Waals surface area contributed by atoms with Crippen molar-refractivity contribution in [2.24, 2.45) is 0 Å². The van der Waals surface area contributed by atoms with E-state index in [-0.39, 0.29) is 25.2 Å². The number of piperidine rings is 1. The van der Waals surface area contributed by atoms with Gasteiger partial charge in [0.05, 0.1) is 11.6 Å². The molecule has 2 aromatic rings. The highest BCUT2D eigenvalue weighted by Crippen LogP contribution is 2.27. The fraction of sp³-hybridized carbons (Fsp3) is 0.480. The second-order valence-corrected chi connectivity index (χ2v) is 8.40. The number of hydrogen-bond acceptors (Lipinski definition) is 5. The molecule has 3 rings (SSSR count). The largest absolute Gasteiger partial charge is 0.492 e. The van der Waals surface area contributed by atoms with Crippen LogP contribution in [-0.4, -0.2) is 63.1 Å². The van der Waals surface area contributed by atoms with Gasteiger partial charge in [-0.1, -0.05) is 17.7 Å². The minimum atomic E-state index is -0.654. The number of likely N-dealkylation sites (tertiary alicyclic amines) is 1. The number of carbonyl (C=O) groups excluding carboxylic acids is 1. The Morgan fingerprint density at radius 3 is 2.26 bits per heavy atom. The van der Waals surface area contributed by atoms with Gasteiger partial charge in [0, 0.05) is 37.3 Å². The second-order valence-electron chi connectivity index (χ2n) is 7.99. The molecule has 0 unspecified atom stereocenters. The van der Waals surface area contributed by atoms with Gasteiger partial charge in [0.1, 0.15) is 43.8 Å². The van der Waals surface area contributed by atoms with Gasteiger partial charge in [0.15, 0.2) is 0 Å². The Morgan fingerprint density at radius 2 is 1.68 bits per heavy atom. The van der Waals surface area contributed by atoms with Crippen LogP contribution in [0.2, 0.25) is 5.02 Å². The van der Waals surface area contributed by atoms with Crippen LogP contribution >= 0.6 is 11.6 Å². The van der Waals surface area contributed by atoms with Crippen LogP contribution < -0.4 is 19.5 Å². The van der Waals surface area contributed by atoms with Crippen molar-refractivity contribution < 1.29 is 27.8 Å². The number of hydrogen-bond donors (Lipinski definition) is 1. The molecular weight excluding hydrogens is 466 g/mol. The summed E-state index contributed by atoms with van der Waals surface area (Å²) in [5.41, 5.74) is 1.46. The van der Waals surface area contributed by atoms with Gasteiger partial charge in [-0.3, -0.25) is 9.69 Å². The lowest BCUT2D eigenvalue weighted by Crippen LogP contribution is -2.44. The second kappa shape index (κ2) is 13.3. The zero-order valence-corrected chi connectivity index (χ0v) is 20.1. The summed E-state index contributed by atoms with van der Waals surface area (Å²) in [6.45, 7) is 3.36. The quantitative estimate of drug-likeness (QED) is 0.456. The molecule has 0 radical (unpaired) electrons. The molecule has 0 aliphatic carbocycles. The molecule has 34 heavy (non-hydrogen) atoms. The van der Waals surface area contributed by atoms with E-state index in [1.807, 2.05) is 25.1 Å². The van der Waals surface area contributed by atoms with Gasteiger partial charge in [-0.05, 0) is 49.6 Å². The highest BCUT2D eigenvalue weighted by molar-refractivity contribution is 6.32. The molecule has 0 atom stereocenters. The normalized spacial score (nSPS) is 14.6. The summed E-state index contributed by atoms with van der Waals surface area (Å²) in [6.07, 6.45) is 1.61. The monoisotopic (exact) mass is 496 g/mol. The van der Waals surface area contributed by atoms with E-state index in [2.05, 4.69) is 10.2 Å². The van der Waals surface area contributed by atoms with Crippen molar-refractivity contribution in [3.8, 4) is 17.2 Å². The Kier molecular flexibility index (Phi) is 10.2. The fourth-order valence-electron chi connectivity index (χ4n) is 3.86. The van der Waals surface area contributed by atoms with Gasteiger partial charge in [0.25, 0.3) is 5.91 Å². The van der Waals surface area contributed by atoms with Crippen molar-refractivity contribution in [2.75, 3.05) is 46.3 Å². The summed E-state index contributed by atoms with van der Waals surface area (Å²) in [4.78, 5) is 15.2. The van der Waals surface area contributed by atoms with Crippen molar-refractivity contribution in [3.05, 3.63) is 52.5 Å². The van der Waals surface area contributed by atoms with Gasteiger partial charge in [-0.15, -0.1) is 0 Å². The van der Waals surface area contributed by atoms with Crippen LogP contribution in [0.15, 0.2) is 36.4 Å². The molecule has 0 aromatic heterocycles.